The molecule has 14 aromatic rings. The Hall–Kier alpha value is -10.5. The number of pyridine rings is 5. The van der Waals surface area contributed by atoms with E-state index in [1.54, 1.807) is 39.0 Å². The molecule has 0 saturated carbocycles. The smallest absolute Gasteiger partial charge is 0.163 e. The molecule has 11 aromatic heterocycles. The Labute approximate surface area is 806 Å². The third kappa shape index (κ3) is 20.9. The summed E-state index contributed by atoms with van der Waals surface area (Å²) in [5, 5.41) is 14.0. The molecule has 3 aromatic carbocycles. The van der Waals surface area contributed by atoms with Crippen molar-refractivity contribution in [2.24, 2.45) is 14.1 Å². The predicted octanol–water partition coefficient (Wildman–Crippen LogP) is 26.8. The molecule has 134 heavy (non-hydrogen) atoms. The Morgan fingerprint density at radius 2 is 0.679 bits per heavy atom. The Morgan fingerprint density at radius 3 is 0.970 bits per heavy atom. The summed E-state index contributed by atoms with van der Waals surface area (Å²) in [7, 11) is 8.03. The largest absolute Gasteiger partial charge is 0.363 e. The molecule has 0 aliphatic heterocycles. The summed E-state index contributed by atoms with van der Waals surface area (Å²) in [6.45, 7) is 40.4. The molecule has 19 nitrogen and oxygen atoms in total. The van der Waals surface area contributed by atoms with Crippen molar-refractivity contribution in [3.63, 3.8) is 0 Å². The number of fused-ring (bicyclic) bond motifs is 12. The SMILES string of the molecule is CC(=O)[C@@H](OC(C)(C)C)c1c(C)nc2sc3c(c2c1-c1ccc(-c2nccn2C)cc1)CCCC3.CC(=O)[C@@H](OC(C)(C)C)c1c(C)nc2sc3c(c2c1-c1ccc(C#N)cc1)CCCC3.CC(=O)[C@@H](OC(C)(C)C)c1c(C)nc2sc3c(c2c1-c1cccc(-c2nccn2C)c1)CCCC3.CC(=O)[C@@H](OC(C)(C)C)c1c(C)nc2sc3c(c2c1-c1cnc(N(C)C)c(C)c1)CCCC3. The van der Waals surface area contributed by atoms with Crippen molar-refractivity contribution in [2.75, 3.05) is 19.0 Å². The van der Waals surface area contributed by atoms with Crippen LogP contribution >= 0.6 is 45.3 Å². The van der Waals surface area contributed by atoms with Crippen molar-refractivity contribution in [3.05, 3.63) is 208 Å². The van der Waals surface area contributed by atoms with E-state index >= 15 is 0 Å². The highest BCUT2D eigenvalue weighted by Crippen LogP contribution is 2.53. The molecule has 23 heteroatoms. The van der Waals surface area contributed by atoms with Crippen LogP contribution in [0.25, 0.3) is 108 Å². The van der Waals surface area contributed by atoms with Gasteiger partial charge in [-0.15, -0.1) is 45.3 Å². The molecule has 0 amide bonds. The van der Waals surface area contributed by atoms with E-state index in [1.807, 2.05) is 242 Å². The number of thiophene rings is 4. The number of Topliss-reactive ketones (excluding diaryl/α,β-unsaturated/α-hetero) is 4. The number of ketones is 4. The van der Waals surface area contributed by atoms with Crippen molar-refractivity contribution in [3.8, 4) is 73.4 Å². The first-order valence-electron chi connectivity index (χ1n) is 47.3. The second kappa shape index (κ2) is 39.7. The summed E-state index contributed by atoms with van der Waals surface area (Å²) in [6, 6.07) is 29.1. The molecule has 18 rings (SSSR count). The fraction of sp³-hybridized carbons (Fsp3) is 0.441. The van der Waals surface area contributed by atoms with Gasteiger partial charge in [0.25, 0.3) is 0 Å². The highest BCUT2D eigenvalue weighted by atomic mass is 32.1. The zero-order valence-electron chi connectivity index (χ0n) is 82.8. The summed E-state index contributed by atoms with van der Waals surface area (Å²) in [5.74, 6) is 2.75. The lowest BCUT2D eigenvalue weighted by molar-refractivity contribution is -0.139. The van der Waals surface area contributed by atoms with Crippen LogP contribution in [0.5, 0.6) is 0 Å². The molecule has 11 heterocycles. The highest BCUT2D eigenvalue weighted by molar-refractivity contribution is 7.20. The first-order chi connectivity index (χ1) is 63.4. The van der Waals surface area contributed by atoms with Gasteiger partial charge in [0.15, 0.2) is 23.1 Å². The van der Waals surface area contributed by atoms with Crippen LogP contribution in [0.15, 0.2) is 110 Å². The standard InChI is InChI=1S/2C29H33N3O2S.C27H35N3O2S.C26H28N2O2S/c1-17-23(26(18(2)33)34-29(3,4)5)24(25-21-12-7-8-13-22(21)35-28(25)31-17)19-10-9-11-20(16-19)27-30-14-15-32(27)6;1-17-23(26(18(2)33)34-29(3,4)5)24(25-21-9-7-8-10-22(21)35-28(25)31-17)19-11-13-20(14-12-19)27-30-15-16-32(27)6;1-15-13-18(14-28-25(15)30(7)8)22-21(24(17(3)31)32-27(4,5)6)16(2)29-26-23(22)19-11-9-10-12-20(19)33-26;1-15-21(24(16(2)29)30-26(3,4)5)22(18-12-10-17(14-27)11-13-18)23-19-8-6-7-9-20(19)31-25(23)28-15/h9-11,14-16,26H,7-8,12-13H2,1-6H3;11-16,26H,7-10H2,1-6H3;13-14,24H,9-12H2,1-8H3;10-13,24H,6-9H2,1-5H3/t2*26-;2*24-/m1111/s1. The maximum absolute atomic E-state index is 13.1. The quantitative estimate of drug-likeness (QED) is 0.0732. The predicted molar refractivity (Wildman–Crippen MR) is 549 cm³/mol. The fourth-order valence-electron chi connectivity index (χ4n) is 19.7. The van der Waals surface area contributed by atoms with Gasteiger partial charge in [-0.3, -0.25) is 19.2 Å². The van der Waals surface area contributed by atoms with Crippen LogP contribution in [-0.2, 0) is 104 Å². The Balaban J connectivity index is 0.000000136. The van der Waals surface area contributed by atoms with E-state index in [4.69, 9.17) is 43.9 Å². The van der Waals surface area contributed by atoms with Crippen LogP contribution in [0, 0.1) is 45.9 Å². The molecule has 0 spiro atoms. The third-order valence-corrected chi connectivity index (χ3v) is 30.0. The lowest BCUT2D eigenvalue weighted by Crippen LogP contribution is -2.27. The van der Waals surface area contributed by atoms with Crippen molar-refractivity contribution >= 4 is 115 Å². The third-order valence-electron chi connectivity index (χ3n) is 25.3. The molecule has 700 valence electrons. The number of aromatic nitrogens is 9. The summed E-state index contributed by atoms with van der Waals surface area (Å²) in [5.41, 5.74) is 23.0. The van der Waals surface area contributed by atoms with Gasteiger partial charge >= 0.3 is 0 Å². The van der Waals surface area contributed by atoms with Crippen LogP contribution in [0.3, 0.4) is 0 Å². The van der Waals surface area contributed by atoms with E-state index in [2.05, 4.69) is 77.6 Å². The van der Waals surface area contributed by atoms with Gasteiger partial charge in [0.2, 0.25) is 0 Å². The first-order valence-corrected chi connectivity index (χ1v) is 50.5. The molecule has 4 aliphatic carbocycles. The number of imidazole rings is 2. The number of nitrogens with zero attached hydrogens (tertiary/aromatic N) is 11. The van der Waals surface area contributed by atoms with Gasteiger partial charge in [-0.2, -0.15) is 5.26 Å². The normalized spacial score (nSPS) is 14.8. The van der Waals surface area contributed by atoms with Crippen molar-refractivity contribution in [1.29, 1.82) is 5.26 Å². The molecular formula is C111H129N11O8S4. The van der Waals surface area contributed by atoms with Crippen molar-refractivity contribution < 1.29 is 38.1 Å². The van der Waals surface area contributed by atoms with E-state index in [0.717, 1.165) is 200 Å². The lowest BCUT2D eigenvalue weighted by Gasteiger charge is -2.29. The van der Waals surface area contributed by atoms with E-state index in [9.17, 15) is 24.4 Å². The maximum atomic E-state index is 13.1. The Kier molecular flexibility index (Phi) is 29.0. The second-order valence-electron chi connectivity index (χ2n) is 40.7. The monoisotopic (exact) mass is 1870 g/mol. The first kappa shape index (κ1) is 98.0. The molecule has 0 N–H and O–H groups in total. The Morgan fingerprint density at radius 1 is 0.388 bits per heavy atom. The topological polar surface area (TPSA) is 232 Å². The second-order valence-corrected chi connectivity index (χ2v) is 45.1. The van der Waals surface area contributed by atoms with E-state index < -0.39 is 46.8 Å². The van der Waals surface area contributed by atoms with Gasteiger partial charge in [0, 0.05) is 184 Å². The van der Waals surface area contributed by atoms with Crippen molar-refractivity contribution in [2.45, 2.75) is 295 Å². The molecule has 4 atom stereocenters. The van der Waals surface area contributed by atoms with Gasteiger partial charge in [-0.1, -0.05) is 54.6 Å². The van der Waals surface area contributed by atoms with Crippen LogP contribution < -0.4 is 4.90 Å². The molecule has 0 unspecified atom stereocenters. The number of hydrogen-bond acceptors (Lipinski definition) is 21. The van der Waals surface area contributed by atoms with Crippen LogP contribution in [0.4, 0.5) is 5.82 Å². The number of nitriles is 1. The summed E-state index contributed by atoms with van der Waals surface area (Å²) < 4.78 is 29.5. The van der Waals surface area contributed by atoms with Gasteiger partial charge in [-0.25, -0.2) is 34.9 Å². The van der Waals surface area contributed by atoms with Gasteiger partial charge < -0.3 is 33.0 Å². The number of benzene rings is 3. The number of carbonyl (C=O) groups excluding carboxylic acids is 4. The molecule has 0 radical (unpaired) electrons. The van der Waals surface area contributed by atoms with Crippen LogP contribution in [-0.4, -0.2) is 104 Å². The number of aryl methyl sites for hydroxylation is 15. The average molecular weight is 1870 g/mol. The minimum atomic E-state index is -0.693. The van der Waals surface area contributed by atoms with Gasteiger partial charge in [-0.05, 0) is 317 Å². The molecule has 4 aliphatic rings. The maximum Gasteiger partial charge on any atom is 0.163 e. The molecule has 0 saturated heterocycles. The van der Waals surface area contributed by atoms with Gasteiger partial charge in [0.1, 0.15) is 61.2 Å². The zero-order valence-corrected chi connectivity index (χ0v) is 86.1. The van der Waals surface area contributed by atoms with E-state index in [1.165, 1.54) is 109 Å². The number of hydrogen-bond donors (Lipinski definition) is 0. The van der Waals surface area contributed by atoms with E-state index in [0.29, 0.717) is 5.56 Å². The number of ether oxygens (including phenoxy) is 4. The summed E-state index contributed by atoms with van der Waals surface area (Å²) in [4.78, 5) is 97.8. The molecule has 0 fully saturated rings. The molecule has 0 bridgehead atoms. The van der Waals surface area contributed by atoms with Crippen LogP contribution in [0.1, 0.15) is 284 Å². The molecular weight excluding hydrogens is 1740 g/mol. The van der Waals surface area contributed by atoms with E-state index in [-0.39, 0.29) is 23.1 Å². The summed E-state index contributed by atoms with van der Waals surface area (Å²) in [6.07, 6.45) is 25.0. The number of carbonyl (C=O) groups is 4. The van der Waals surface area contributed by atoms with Gasteiger partial charge in [0.05, 0.1) is 34.0 Å². The van der Waals surface area contributed by atoms with Crippen LogP contribution in [0.2, 0.25) is 0 Å². The Bertz CT molecular complexity index is 6880. The van der Waals surface area contributed by atoms with Crippen molar-refractivity contribution in [1.82, 2.24) is 44.0 Å². The number of anilines is 1. The minimum absolute atomic E-state index is 0.000785. The highest BCUT2D eigenvalue weighted by Gasteiger charge is 2.39. The zero-order chi connectivity index (χ0) is 96.2. The minimum Gasteiger partial charge on any atom is -0.363 e. The average Bonchev–Trinajstić information content (AvgIpc) is 1.57. The fourth-order valence-corrected chi connectivity index (χ4v) is 25.0. The summed E-state index contributed by atoms with van der Waals surface area (Å²) >= 11 is 7.23. The lowest BCUT2D eigenvalue weighted by atomic mass is 9.87. The number of rotatable bonds is 19.